The van der Waals surface area contributed by atoms with E-state index in [1.165, 1.54) is 0 Å². The van der Waals surface area contributed by atoms with E-state index >= 15 is 0 Å². The molecular formula is C9H18F3N. The monoisotopic (exact) mass is 197 g/mol. The number of halogens is 3. The van der Waals surface area contributed by atoms with Crippen LogP contribution in [-0.2, 0) is 0 Å². The number of rotatable bonds is 3. The van der Waals surface area contributed by atoms with Gasteiger partial charge in [0.1, 0.15) is 0 Å². The van der Waals surface area contributed by atoms with Crippen molar-refractivity contribution in [1.29, 1.82) is 0 Å². The van der Waals surface area contributed by atoms with Crippen molar-refractivity contribution in [2.24, 2.45) is 0 Å². The van der Waals surface area contributed by atoms with Gasteiger partial charge in [-0.1, -0.05) is 0 Å². The number of nitrogens with zero attached hydrogens (tertiary/aromatic N) is 1. The number of hydrogen-bond donors (Lipinski definition) is 0. The highest BCUT2D eigenvalue weighted by atomic mass is 19.2. The number of alkyl halides is 3. The van der Waals surface area contributed by atoms with Gasteiger partial charge in [-0.25, -0.2) is 18.1 Å². The minimum atomic E-state index is -2.03. The lowest BCUT2D eigenvalue weighted by molar-refractivity contribution is -0.215. The molecule has 4 heteroatoms. The Kier molecular flexibility index (Phi) is 3.09. The molecule has 0 aromatic heterocycles. The summed E-state index contributed by atoms with van der Waals surface area (Å²) in [5, 5.41) is 0. The van der Waals surface area contributed by atoms with Crippen LogP contribution in [0.4, 0.5) is 13.2 Å². The van der Waals surface area contributed by atoms with Crippen LogP contribution in [0.2, 0.25) is 0 Å². The minimum Gasteiger partial charge on any atom is -0.227 e. The Hall–Kier alpha value is -0.250. The highest BCUT2D eigenvalue weighted by molar-refractivity contribution is 4.85. The lowest BCUT2D eigenvalue weighted by atomic mass is 10.1. The fourth-order valence-electron chi connectivity index (χ4n) is 1.90. The molecule has 0 amide bonds. The molecule has 0 rings (SSSR count). The molecule has 0 unspecified atom stereocenters. The zero-order valence-electron chi connectivity index (χ0n) is 9.08. The van der Waals surface area contributed by atoms with Crippen molar-refractivity contribution in [3.63, 3.8) is 0 Å². The van der Waals surface area contributed by atoms with E-state index < -0.39 is 17.4 Å². The molecular weight excluding hydrogens is 179 g/mol. The Morgan fingerprint density at radius 2 is 0.769 bits per heavy atom. The standard InChI is InChI=1S/C9H18F3N/c1-7(2,10)13(8(3,4)11)9(5,6)12/h1-6H3. The van der Waals surface area contributed by atoms with Gasteiger partial charge in [0.05, 0.1) is 0 Å². The van der Waals surface area contributed by atoms with E-state index in [4.69, 9.17) is 0 Å². The van der Waals surface area contributed by atoms with Crippen molar-refractivity contribution in [3.05, 3.63) is 0 Å². The normalized spacial score (nSPS) is 15.2. The first-order chi connectivity index (χ1) is 5.37. The van der Waals surface area contributed by atoms with E-state index in [0.717, 1.165) is 41.5 Å². The van der Waals surface area contributed by atoms with Crippen LogP contribution in [0.15, 0.2) is 0 Å². The van der Waals surface area contributed by atoms with Crippen LogP contribution >= 0.6 is 0 Å². The molecule has 13 heavy (non-hydrogen) atoms. The van der Waals surface area contributed by atoms with E-state index in [-0.39, 0.29) is 0 Å². The Morgan fingerprint density at radius 3 is 0.769 bits per heavy atom. The lowest BCUT2D eigenvalue weighted by Crippen LogP contribution is -2.59. The molecule has 0 atom stereocenters. The van der Waals surface area contributed by atoms with Crippen molar-refractivity contribution in [2.75, 3.05) is 0 Å². The van der Waals surface area contributed by atoms with Crippen LogP contribution in [0.25, 0.3) is 0 Å². The van der Waals surface area contributed by atoms with Gasteiger partial charge in [-0.15, -0.1) is 0 Å². The SMILES string of the molecule is CC(C)(F)N(C(C)(C)F)C(C)(C)F. The maximum Gasteiger partial charge on any atom is 0.163 e. The van der Waals surface area contributed by atoms with Gasteiger partial charge in [0.2, 0.25) is 0 Å². The molecule has 0 N–H and O–H groups in total. The Bertz CT molecular complexity index is 137. The maximum absolute atomic E-state index is 13.5. The van der Waals surface area contributed by atoms with Crippen molar-refractivity contribution in [1.82, 2.24) is 4.90 Å². The quantitative estimate of drug-likeness (QED) is 0.627. The maximum atomic E-state index is 13.5. The summed E-state index contributed by atoms with van der Waals surface area (Å²) in [5.74, 6) is -6.09. The molecule has 0 saturated carbocycles. The molecule has 1 nitrogen and oxygen atoms in total. The largest absolute Gasteiger partial charge is 0.227 e. The molecule has 0 fully saturated rings. The highest BCUT2D eigenvalue weighted by Crippen LogP contribution is 2.35. The van der Waals surface area contributed by atoms with Gasteiger partial charge in [0.15, 0.2) is 17.4 Å². The molecule has 0 aromatic rings. The first-order valence-corrected chi connectivity index (χ1v) is 4.24. The molecule has 80 valence electrons. The van der Waals surface area contributed by atoms with Crippen molar-refractivity contribution >= 4 is 0 Å². The lowest BCUT2D eigenvalue weighted by Gasteiger charge is -2.45. The summed E-state index contributed by atoms with van der Waals surface area (Å²) in [6, 6.07) is 0. The smallest absolute Gasteiger partial charge is 0.163 e. The molecule has 0 bridgehead atoms. The third-order valence-electron chi connectivity index (χ3n) is 1.60. The summed E-state index contributed by atoms with van der Waals surface area (Å²) in [6.07, 6.45) is 0. The van der Waals surface area contributed by atoms with Gasteiger partial charge >= 0.3 is 0 Å². The second-order valence-electron chi connectivity index (χ2n) is 4.56. The van der Waals surface area contributed by atoms with E-state index in [1.54, 1.807) is 0 Å². The molecule has 0 aliphatic carbocycles. The summed E-state index contributed by atoms with van der Waals surface area (Å²) in [6.45, 7) is 6.81. The van der Waals surface area contributed by atoms with Crippen molar-refractivity contribution in [2.45, 2.75) is 58.9 Å². The van der Waals surface area contributed by atoms with E-state index in [1.807, 2.05) is 0 Å². The molecule has 0 radical (unpaired) electrons. The second kappa shape index (κ2) is 3.15. The average Bonchev–Trinajstić information content (AvgIpc) is 1.44. The molecule has 0 spiro atoms. The van der Waals surface area contributed by atoms with Gasteiger partial charge in [-0.2, -0.15) is 0 Å². The van der Waals surface area contributed by atoms with Gasteiger partial charge in [0, 0.05) is 0 Å². The fraction of sp³-hybridized carbons (Fsp3) is 1.00. The van der Waals surface area contributed by atoms with Gasteiger partial charge in [0.25, 0.3) is 0 Å². The van der Waals surface area contributed by atoms with Crippen molar-refractivity contribution < 1.29 is 13.2 Å². The highest BCUT2D eigenvalue weighted by Gasteiger charge is 2.47. The van der Waals surface area contributed by atoms with Gasteiger partial charge in [-0.05, 0) is 41.5 Å². The summed E-state index contributed by atoms with van der Waals surface area (Å²) in [7, 11) is 0. The third-order valence-corrected chi connectivity index (χ3v) is 1.60. The molecule has 0 heterocycles. The Labute approximate surface area is 77.9 Å². The first-order valence-electron chi connectivity index (χ1n) is 4.24. The summed E-state index contributed by atoms with van der Waals surface area (Å²) in [4.78, 5) is 0.562. The van der Waals surface area contributed by atoms with Crippen LogP contribution < -0.4 is 0 Å². The summed E-state index contributed by atoms with van der Waals surface area (Å²) >= 11 is 0. The third kappa shape index (κ3) is 3.55. The van der Waals surface area contributed by atoms with E-state index in [2.05, 4.69) is 0 Å². The topological polar surface area (TPSA) is 3.24 Å². The van der Waals surface area contributed by atoms with Crippen LogP contribution in [0.5, 0.6) is 0 Å². The van der Waals surface area contributed by atoms with E-state index in [9.17, 15) is 13.2 Å². The summed E-state index contributed by atoms with van der Waals surface area (Å²) < 4.78 is 40.5. The zero-order valence-corrected chi connectivity index (χ0v) is 9.08. The van der Waals surface area contributed by atoms with Crippen LogP contribution in [0.1, 0.15) is 41.5 Å². The molecule has 0 aliphatic rings. The molecule has 0 saturated heterocycles. The fourth-order valence-corrected chi connectivity index (χ4v) is 1.90. The molecule has 0 aromatic carbocycles. The Balaban J connectivity index is 5.02. The zero-order chi connectivity index (χ0) is 11.1. The van der Waals surface area contributed by atoms with Crippen LogP contribution in [0.3, 0.4) is 0 Å². The van der Waals surface area contributed by atoms with Crippen molar-refractivity contribution in [3.8, 4) is 0 Å². The van der Waals surface area contributed by atoms with Crippen LogP contribution in [0, 0.1) is 0 Å². The first kappa shape index (κ1) is 12.8. The molecule has 0 aliphatic heterocycles. The Morgan fingerprint density at radius 1 is 0.615 bits per heavy atom. The van der Waals surface area contributed by atoms with Gasteiger partial charge < -0.3 is 0 Å². The summed E-state index contributed by atoms with van der Waals surface area (Å²) in [5.41, 5.74) is 0. The van der Waals surface area contributed by atoms with Crippen LogP contribution in [-0.4, -0.2) is 22.3 Å². The average molecular weight is 197 g/mol. The van der Waals surface area contributed by atoms with E-state index in [0.29, 0.717) is 4.90 Å². The number of hydrogen-bond acceptors (Lipinski definition) is 1. The predicted octanol–water partition coefficient (Wildman–Crippen LogP) is 3.41. The minimum absolute atomic E-state index is 0.562. The predicted molar refractivity (Wildman–Crippen MR) is 47.4 cm³/mol. The van der Waals surface area contributed by atoms with Gasteiger partial charge in [-0.3, -0.25) is 0 Å². The second-order valence-corrected chi connectivity index (χ2v) is 4.56.